The van der Waals surface area contributed by atoms with Crippen LogP contribution in [0.3, 0.4) is 0 Å². The number of carbonyl (C=O) groups is 2. The minimum atomic E-state index is -0.569. The highest BCUT2D eigenvalue weighted by Gasteiger charge is 2.22. The SMILES string of the molecule is CCCCCCC(C)Nc1nc(C(=O)OC)c(C(C)=O)s1. The predicted octanol–water partition coefficient (Wildman–Crippen LogP) is 3.90. The third-order valence-electron chi connectivity index (χ3n) is 3.19. The summed E-state index contributed by atoms with van der Waals surface area (Å²) in [4.78, 5) is 27.7. The van der Waals surface area contributed by atoms with Crippen molar-refractivity contribution in [2.45, 2.75) is 58.9 Å². The van der Waals surface area contributed by atoms with Crippen LogP contribution in [-0.2, 0) is 4.74 Å². The Kier molecular flexibility index (Phi) is 7.36. The molecule has 1 rings (SSSR count). The molecule has 1 aromatic heterocycles. The monoisotopic (exact) mass is 312 g/mol. The Labute approximate surface area is 130 Å². The molecule has 0 aliphatic carbocycles. The number of nitrogens with zero attached hydrogens (tertiary/aromatic N) is 1. The van der Waals surface area contributed by atoms with E-state index < -0.39 is 5.97 Å². The van der Waals surface area contributed by atoms with E-state index in [0.29, 0.717) is 10.0 Å². The minimum absolute atomic E-state index is 0.107. The minimum Gasteiger partial charge on any atom is -0.464 e. The fourth-order valence-corrected chi connectivity index (χ4v) is 2.98. The second-order valence-electron chi connectivity index (χ2n) is 5.14. The first-order valence-corrected chi connectivity index (χ1v) is 8.17. The van der Waals surface area contributed by atoms with Gasteiger partial charge in [-0.1, -0.05) is 43.9 Å². The molecule has 0 aromatic carbocycles. The number of unbranched alkanes of at least 4 members (excludes halogenated alkanes) is 3. The number of rotatable bonds is 9. The summed E-state index contributed by atoms with van der Waals surface area (Å²) < 4.78 is 4.66. The van der Waals surface area contributed by atoms with Crippen molar-refractivity contribution in [2.75, 3.05) is 12.4 Å². The van der Waals surface area contributed by atoms with E-state index in [0.717, 1.165) is 12.8 Å². The van der Waals surface area contributed by atoms with E-state index in [1.165, 1.54) is 44.6 Å². The first kappa shape index (κ1) is 17.6. The number of thiazole rings is 1. The molecule has 1 atom stereocenters. The number of hydrogen-bond acceptors (Lipinski definition) is 6. The summed E-state index contributed by atoms with van der Waals surface area (Å²) in [5.41, 5.74) is 0.107. The number of methoxy groups -OCH3 is 1. The number of anilines is 1. The normalized spacial score (nSPS) is 12.0. The molecule has 0 radical (unpaired) electrons. The molecule has 5 nitrogen and oxygen atoms in total. The van der Waals surface area contributed by atoms with Crippen LogP contribution in [0.1, 0.15) is 73.0 Å². The van der Waals surface area contributed by atoms with Crippen LogP contribution in [0.25, 0.3) is 0 Å². The van der Waals surface area contributed by atoms with E-state index >= 15 is 0 Å². The molecule has 0 aliphatic heterocycles. The van der Waals surface area contributed by atoms with Crippen LogP contribution in [0.2, 0.25) is 0 Å². The van der Waals surface area contributed by atoms with E-state index in [-0.39, 0.29) is 17.5 Å². The van der Waals surface area contributed by atoms with Crippen molar-refractivity contribution in [3.63, 3.8) is 0 Å². The number of ketones is 1. The fourth-order valence-electron chi connectivity index (χ4n) is 2.02. The molecule has 1 heterocycles. The zero-order chi connectivity index (χ0) is 15.8. The van der Waals surface area contributed by atoms with E-state index in [1.807, 2.05) is 0 Å². The van der Waals surface area contributed by atoms with Gasteiger partial charge in [0.25, 0.3) is 0 Å². The van der Waals surface area contributed by atoms with Crippen LogP contribution in [-0.4, -0.2) is 29.9 Å². The molecule has 0 spiro atoms. The van der Waals surface area contributed by atoms with Crippen molar-refractivity contribution >= 4 is 28.2 Å². The second-order valence-corrected chi connectivity index (χ2v) is 6.14. The van der Waals surface area contributed by atoms with Crippen LogP contribution >= 0.6 is 11.3 Å². The lowest BCUT2D eigenvalue weighted by molar-refractivity contribution is 0.0591. The van der Waals surface area contributed by atoms with Crippen LogP contribution < -0.4 is 5.32 Å². The van der Waals surface area contributed by atoms with E-state index in [2.05, 4.69) is 28.9 Å². The number of nitrogens with one attached hydrogen (secondary N) is 1. The molecule has 118 valence electrons. The number of ether oxygens (including phenoxy) is 1. The van der Waals surface area contributed by atoms with Crippen LogP contribution in [0, 0.1) is 0 Å². The van der Waals surface area contributed by atoms with Crippen LogP contribution in [0.15, 0.2) is 0 Å². The van der Waals surface area contributed by atoms with E-state index in [4.69, 9.17) is 0 Å². The Hall–Kier alpha value is -1.43. The van der Waals surface area contributed by atoms with Crippen molar-refractivity contribution in [1.29, 1.82) is 0 Å². The molecule has 0 saturated heterocycles. The quantitative estimate of drug-likeness (QED) is 0.425. The van der Waals surface area contributed by atoms with Crippen molar-refractivity contribution in [3.05, 3.63) is 10.6 Å². The summed E-state index contributed by atoms with van der Waals surface area (Å²) >= 11 is 1.21. The standard InChI is InChI=1S/C15H24N2O3S/c1-5-6-7-8-9-10(2)16-15-17-12(14(19)20-4)13(21-15)11(3)18/h10H,5-9H2,1-4H3,(H,16,17). The van der Waals surface area contributed by atoms with Gasteiger partial charge in [0.2, 0.25) is 0 Å². The largest absolute Gasteiger partial charge is 0.464 e. The first-order valence-electron chi connectivity index (χ1n) is 7.36. The fraction of sp³-hybridized carbons (Fsp3) is 0.667. The Morgan fingerprint density at radius 2 is 2.05 bits per heavy atom. The van der Waals surface area contributed by atoms with Gasteiger partial charge in [-0.15, -0.1) is 0 Å². The highest BCUT2D eigenvalue weighted by Crippen LogP contribution is 2.25. The number of aromatic nitrogens is 1. The Morgan fingerprint density at radius 1 is 1.33 bits per heavy atom. The van der Waals surface area contributed by atoms with Gasteiger partial charge >= 0.3 is 5.97 Å². The Balaban J connectivity index is 2.67. The molecule has 1 N–H and O–H groups in total. The molecule has 0 amide bonds. The predicted molar refractivity (Wildman–Crippen MR) is 85.3 cm³/mol. The number of Topliss-reactive ketones (excluding diaryl/α,β-unsaturated/α-hetero) is 1. The van der Waals surface area contributed by atoms with Gasteiger partial charge in [0.1, 0.15) is 4.88 Å². The summed E-state index contributed by atoms with van der Waals surface area (Å²) in [6.45, 7) is 5.70. The average Bonchev–Trinajstić information content (AvgIpc) is 2.86. The van der Waals surface area contributed by atoms with Gasteiger partial charge in [-0.25, -0.2) is 9.78 Å². The maximum absolute atomic E-state index is 11.6. The van der Waals surface area contributed by atoms with Crippen LogP contribution in [0.5, 0.6) is 0 Å². The first-order chi connectivity index (χ1) is 9.99. The maximum atomic E-state index is 11.6. The second kappa shape index (κ2) is 8.77. The molecule has 0 aliphatic rings. The molecular formula is C15H24N2O3S. The van der Waals surface area contributed by atoms with Gasteiger partial charge in [-0.2, -0.15) is 0 Å². The van der Waals surface area contributed by atoms with Crippen LogP contribution in [0.4, 0.5) is 5.13 Å². The molecular weight excluding hydrogens is 288 g/mol. The summed E-state index contributed by atoms with van der Waals surface area (Å²) in [6.07, 6.45) is 5.91. The molecule has 0 fully saturated rings. The zero-order valence-electron chi connectivity index (χ0n) is 13.2. The summed E-state index contributed by atoms with van der Waals surface area (Å²) in [5.74, 6) is -0.739. The van der Waals surface area contributed by atoms with Gasteiger partial charge in [-0.05, 0) is 13.3 Å². The molecule has 1 unspecified atom stereocenters. The molecule has 0 bridgehead atoms. The van der Waals surface area contributed by atoms with Crippen molar-refractivity contribution in [3.8, 4) is 0 Å². The zero-order valence-corrected chi connectivity index (χ0v) is 14.0. The highest BCUT2D eigenvalue weighted by atomic mass is 32.1. The van der Waals surface area contributed by atoms with Crippen molar-refractivity contribution < 1.29 is 14.3 Å². The molecule has 1 aromatic rings. The van der Waals surface area contributed by atoms with E-state index in [1.54, 1.807) is 0 Å². The topological polar surface area (TPSA) is 68.3 Å². The lowest BCUT2D eigenvalue weighted by Crippen LogP contribution is -2.15. The third kappa shape index (κ3) is 5.46. The number of hydrogen-bond donors (Lipinski definition) is 1. The number of esters is 1. The van der Waals surface area contributed by atoms with Crippen molar-refractivity contribution in [1.82, 2.24) is 4.98 Å². The smallest absolute Gasteiger partial charge is 0.358 e. The average molecular weight is 312 g/mol. The highest BCUT2D eigenvalue weighted by molar-refractivity contribution is 7.17. The Bertz CT molecular complexity index is 485. The lowest BCUT2D eigenvalue weighted by Gasteiger charge is -2.12. The third-order valence-corrected chi connectivity index (χ3v) is 4.27. The summed E-state index contributed by atoms with van der Waals surface area (Å²) in [7, 11) is 1.29. The number of carbonyl (C=O) groups excluding carboxylic acids is 2. The van der Waals surface area contributed by atoms with E-state index in [9.17, 15) is 9.59 Å². The summed E-state index contributed by atoms with van der Waals surface area (Å²) in [6, 6.07) is 0.262. The van der Waals surface area contributed by atoms with Gasteiger partial charge in [0.05, 0.1) is 7.11 Å². The van der Waals surface area contributed by atoms with Gasteiger partial charge < -0.3 is 10.1 Å². The lowest BCUT2D eigenvalue weighted by atomic mass is 10.1. The van der Waals surface area contributed by atoms with Gasteiger partial charge in [0, 0.05) is 13.0 Å². The van der Waals surface area contributed by atoms with Gasteiger partial charge in [0.15, 0.2) is 16.6 Å². The molecule has 0 saturated carbocycles. The Morgan fingerprint density at radius 3 is 2.62 bits per heavy atom. The maximum Gasteiger partial charge on any atom is 0.358 e. The van der Waals surface area contributed by atoms with Gasteiger partial charge in [-0.3, -0.25) is 4.79 Å². The molecule has 21 heavy (non-hydrogen) atoms. The van der Waals surface area contributed by atoms with Crippen molar-refractivity contribution in [2.24, 2.45) is 0 Å². The molecule has 6 heteroatoms. The summed E-state index contributed by atoms with van der Waals surface area (Å²) in [5, 5.41) is 3.86.